The summed E-state index contributed by atoms with van der Waals surface area (Å²) in [5.74, 6) is 0.138. The predicted octanol–water partition coefficient (Wildman–Crippen LogP) is 7.17. The van der Waals surface area contributed by atoms with Crippen molar-refractivity contribution in [2.45, 2.75) is 194 Å². The van der Waals surface area contributed by atoms with E-state index in [1.165, 1.54) is 46.2 Å². The van der Waals surface area contributed by atoms with E-state index in [0.717, 1.165) is 11.4 Å². The minimum Gasteiger partial charge on any atom is -0.359 e. The molecule has 4 N–H and O–H groups in total. The molecular weight excluding hydrogens is 999 g/mol. The molecular formula is C50H87N9O11S3. The minimum atomic E-state index is -3.78. The molecule has 3 aromatic rings. The van der Waals surface area contributed by atoms with Gasteiger partial charge in [0.25, 0.3) is 0 Å². The maximum atomic E-state index is 12.8. The first-order valence-corrected chi connectivity index (χ1v) is 29.6. The van der Waals surface area contributed by atoms with E-state index >= 15 is 0 Å². The third-order valence-corrected chi connectivity index (χ3v) is 20.3. The van der Waals surface area contributed by atoms with E-state index in [4.69, 9.17) is 4.52 Å². The number of amides is 4. The van der Waals surface area contributed by atoms with Crippen molar-refractivity contribution in [3.05, 3.63) is 35.3 Å². The molecule has 416 valence electrons. The second kappa shape index (κ2) is 23.5. The first-order chi connectivity index (χ1) is 32.7. The summed E-state index contributed by atoms with van der Waals surface area (Å²) in [5.41, 5.74) is 1.04. The Kier molecular flexibility index (Phi) is 20.8. The molecule has 1 unspecified atom stereocenters. The second-order valence-corrected chi connectivity index (χ2v) is 32.3. The molecule has 0 aliphatic carbocycles. The highest BCUT2D eigenvalue weighted by atomic mass is 32.2. The largest absolute Gasteiger partial charge is 0.359 e. The van der Waals surface area contributed by atoms with Gasteiger partial charge in [-0.3, -0.25) is 28.5 Å². The number of sulfone groups is 3. The van der Waals surface area contributed by atoms with Crippen molar-refractivity contribution >= 4 is 70.6 Å². The summed E-state index contributed by atoms with van der Waals surface area (Å²) in [4.78, 5) is 49.0. The van der Waals surface area contributed by atoms with Gasteiger partial charge in [0.2, 0.25) is 23.6 Å². The Morgan fingerprint density at radius 2 is 0.986 bits per heavy atom. The zero-order valence-electron chi connectivity index (χ0n) is 47.4. The van der Waals surface area contributed by atoms with E-state index in [1.807, 2.05) is 90.0 Å². The van der Waals surface area contributed by atoms with Gasteiger partial charge in [-0.15, -0.1) is 0 Å². The third-order valence-electron chi connectivity index (χ3n) is 12.7. The molecule has 4 heterocycles. The van der Waals surface area contributed by atoms with Crippen molar-refractivity contribution in [2.75, 3.05) is 33.2 Å². The van der Waals surface area contributed by atoms with Crippen molar-refractivity contribution in [1.82, 2.24) is 30.0 Å². The van der Waals surface area contributed by atoms with E-state index in [1.54, 1.807) is 37.0 Å². The van der Waals surface area contributed by atoms with E-state index < -0.39 is 67.5 Å². The standard InChI is InChI=1S/C17H28N4O4S.C17H31N3O3S.C16H28N2O4S/c1-16(2,3)12-9-13(21(6)20-12)19-15(23)17(4,5)26(24,25)10-11-7-8-14(22)18-11;1-12(2)9-10-24(22,23)17(6,7)15(21)18-14-11-13(16(3,4)5)19-20(14)8;1-11(2)8-9-23(20,21)16(6,7)14(19)17-13-10-12(22-18-13)15(3,4)5/h9,11H,7-8,10H2,1-6H3,(H,18,22)(H,19,23);11-12H,9-10H2,1-8H3,(H,18,21);10-11H,8-9H2,1-7H3,(H,17,18,19). The zero-order valence-corrected chi connectivity index (χ0v) is 49.8. The Morgan fingerprint density at radius 3 is 1.29 bits per heavy atom. The van der Waals surface area contributed by atoms with Crippen LogP contribution in [-0.2, 0) is 79.0 Å². The normalized spacial score (nSPS) is 15.3. The average molecular weight is 1090 g/mol. The lowest BCUT2D eigenvalue weighted by molar-refractivity contribution is -0.119. The van der Waals surface area contributed by atoms with Crippen LogP contribution in [0.25, 0.3) is 0 Å². The van der Waals surface area contributed by atoms with Gasteiger partial charge in [0.05, 0.1) is 28.6 Å². The van der Waals surface area contributed by atoms with E-state index in [2.05, 4.69) is 36.6 Å². The fourth-order valence-electron chi connectivity index (χ4n) is 6.38. The zero-order chi connectivity index (χ0) is 56.9. The smallest absolute Gasteiger partial charge is 0.246 e. The molecule has 4 amide bonds. The van der Waals surface area contributed by atoms with Crippen molar-refractivity contribution in [2.24, 2.45) is 25.9 Å². The number of hydrogen-bond donors (Lipinski definition) is 4. The van der Waals surface area contributed by atoms with Crippen molar-refractivity contribution < 1.29 is 49.0 Å². The summed E-state index contributed by atoms with van der Waals surface area (Å²) < 4.78 is 79.2. The van der Waals surface area contributed by atoms with Crippen LogP contribution in [0.3, 0.4) is 0 Å². The van der Waals surface area contributed by atoms with Crippen LogP contribution in [0.5, 0.6) is 0 Å². The second-order valence-electron chi connectivity index (χ2n) is 24.4. The molecule has 4 rings (SSSR count). The molecule has 1 atom stereocenters. The molecule has 0 saturated carbocycles. The quantitative estimate of drug-likeness (QED) is 0.104. The van der Waals surface area contributed by atoms with Crippen LogP contribution in [0.2, 0.25) is 0 Å². The fraction of sp³-hybridized carbons (Fsp3) is 0.740. The van der Waals surface area contributed by atoms with Crippen molar-refractivity contribution in [1.29, 1.82) is 0 Å². The van der Waals surface area contributed by atoms with E-state index in [0.29, 0.717) is 43.1 Å². The van der Waals surface area contributed by atoms with Crippen LogP contribution in [0.1, 0.15) is 174 Å². The van der Waals surface area contributed by atoms with Crippen LogP contribution < -0.4 is 21.3 Å². The van der Waals surface area contributed by atoms with Crippen LogP contribution in [0.4, 0.5) is 17.5 Å². The summed E-state index contributed by atoms with van der Waals surface area (Å²) in [6.45, 7) is 34.3. The van der Waals surface area contributed by atoms with Crippen molar-refractivity contribution in [3.8, 4) is 0 Å². The number of rotatable bonds is 17. The Balaban J connectivity index is 0.000000376. The lowest BCUT2D eigenvalue weighted by atomic mass is 9.92. The summed E-state index contributed by atoms with van der Waals surface area (Å²) in [7, 11) is -7.47. The van der Waals surface area contributed by atoms with E-state index in [-0.39, 0.29) is 57.1 Å². The highest BCUT2D eigenvalue weighted by Gasteiger charge is 2.45. The number of carbonyl (C=O) groups excluding carboxylic acids is 4. The first kappa shape index (κ1) is 64.5. The van der Waals surface area contributed by atoms with Gasteiger partial charge in [0.1, 0.15) is 31.6 Å². The average Bonchev–Trinajstić information content (AvgIpc) is 4.04. The Hall–Kier alpha value is -4.64. The Bertz CT molecular complexity index is 2760. The molecule has 1 fully saturated rings. The molecule has 73 heavy (non-hydrogen) atoms. The lowest BCUT2D eigenvalue weighted by Crippen LogP contribution is -2.48. The molecule has 23 heteroatoms. The Morgan fingerprint density at radius 1 is 0.616 bits per heavy atom. The van der Waals surface area contributed by atoms with Gasteiger partial charge in [-0.05, 0) is 72.6 Å². The molecule has 0 radical (unpaired) electrons. The molecule has 0 aromatic carbocycles. The van der Waals surface area contributed by atoms with Crippen LogP contribution in [-0.4, -0.2) is 111 Å². The van der Waals surface area contributed by atoms with Gasteiger partial charge in [0, 0.05) is 61.0 Å². The molecule has 20 nitrogen and oxygen atoms in total. The highest BCUT2D eigenvalue weighted by molar-refractivity contribution is 7.94. The molecule has 1 saturated heterocycles. The summed E-state index contributed by atoms with van der Waals surface area (Å²) in [6, 6.07) is 4.71. The van der Waals surface area contributed by atoms with E-state index in [9.17, 15) is 44.4 Å². The van der Waals surface area contributed by atoms with Gasteiger partial charge in [-0.1, -0.05) is 95.2 Å². The molecule has 3 aromatic heterocycles. The fourth-order valence-corrected chi connectivity index (χ4v) is 11.2. The van der Waals surface area contributed by atoms with Gasteiger partial charge in [-0.25, -0.2) is 25.3 Å². The first-order valence-electron chi connectivity index (χ1n) is 24.7. The minimum absolute atomic E-state index is 0.00369. The Labute approximate surface area is 435 Å². The van der Waals surface area contributed by atoms with Gasteiger partial charge in [0.15, 0.2) is 35.3 Å². The molecule has 0 bridgehead atoms. The monoisotopic (exact) mass is 1090 g/mol. The number of nitrogens with zero attached hydrogens (tertiary/aromatic N) is 5. The maximum Gasteiger partial charge on any atom is 0.246 e. The number of anilines is 3. The number of carbonyl (C=O) groups is 4. The summed E-state index contributed by atoms with van der Waals surface area (Å²) in [5, 5.41) is 23.1. The molecule has 1 aliphatic heterocycles. The van der Waals surface area contributed by atoms with Gasteiger partial charge >= 0.3 is 0 Å². The SMILES string of the molecule is CC(C)CCS(=O)(=O)C(C)(C)C(=O)Nc1cc(C(C)(C)C)nn1C.CC(C)CCS(=O)(=O)C(C)(C)C(=O)Nc1cc(C(C)(C)C)on1.Cn1nc(C(C)(C)C)cc1NC(=O)C(C)(C)S(=O)(=O)CC1CCC(=O)N1. The van der Waals surface area contributed by atoms with Crippen LogP contribution in [0, 0.1) is 11.8 Å². The lowest BCUT2D eigenvalue weighted by Gasteiger charge is -2.25. The van der Waals surface area contributed by atoms with Crippen molar-refractivity contribution in [3.63, 3.8) is 0 Å². The number of aryl methyl sites for hydroxylation is 2. The highest BCUT2D eigenvalue weighted by Crippen LogP contribution is 2.30. The van der Waals surface area contributed by atoms with Crippen LogP contribution >= 0.6 is 0 Å². The van der Waals surface area contributed by atoms with Crippen LogP contribution in [0.15, 0.2) is 22.7 Å². The van der Waals surface area contributed by atoms with Gasteiger partial charge < -0.3 is 25.8 Å². The summed E-state index contributed by atoms with van der Waals surface area (Å²) >= 11 is 0. The molecule has 1 aliphatic rings. The predicted molar refractivity (Wildman–Crippen MR) is 289 cm³/mol. The van der Waals surface area contributed by atoms with Gasteiger partial charge in [-0.2, -0.15) is 10.2 Å². The number of hydrogen-bond acceptors (Lipinski definition) is 14. The number of aromatic nitrogens is 5. The number of nitrogens with one attached hydrogen (secondary N) is 4. The summed E-state index contributed by atoms with van der Waals surface area (Å²) in [6.07, 6.45) is 1.85. The third kappa shape index (κ3) is 17.2. The topological polar surface area (TPSA) is 280 Å². The maximum absolute atomic E-state index is 12.8. The molecule has 0 spiro atoms.